The minimum absolute atomic E-state index is 0.108. The van der Waals surface area contributed by atoms with Crippen LogP contribution < -0.4 is 10.2 Å². The van der Waals surface area contributed by atoms with E-state index in [1.165, 1.54) is 18.4 Å². The van der Waals surface area contributed by atoms with Crippen molar-refractivity contribution in [1.29, 1.82) is 0 Å². The molecule has 1 aliphatic carbocycles. The summed E-state index contributed by atoms with van der Waals surface area (Å²) in [6.07, 6.45) is 3.03. The SMILES string of the molecule is [N-]=[N+]=NCC1CC(=O)N(c2ccc(CNC3CC3)cc2)C1. The van der Waals surface area contributed by atoms with Crippen molar-refractivity contribution in [1.82, 2.24) is 5.32 Å². The van der Waals surface area contributed by atoms with Gasteiger partial charge in [0.15, 0.2) is 0 Å². The van der Waals surface area contributed by atoms with Crippen molar-refractivity contribution in [2.75, 3.05) is 18.0 Å². The highest BCUT2D eigenvalue weighted by Crippen LogP contribution is 2.26. The number of anilines is 1. The molecular weight excluding hydrogens is 266 g/mol. The number of hydrogen-bond donors (Lipinski definition) is 1. The van der Waals surface area contributed by atoms with Crippen molar-refractivity contribution >= 4 is 11.6 Å². The molecule has 2 aliphatic rings. The molecular formula is C15H19N5O. The topological polar surface area (TPSA) is 81.1 Å². The highest BCUT2D eigenvalue weighted by molar-refractivity contribution is 5.95. The molecule has 3 rings (SSSR count). The molecule has 21 heavy (non-hydrogen) atoms. The van der Waals surface area contributed by atoms with Gasteiger partial charge < -0.3 is 10.2 Å². The number of nitrogens with one attached hydrogen (secondary N) is 1. The summed E-state index contributed by atoms with van der Waals surface area (Å²) in [5.41, 5.74) is 10.5. The van der Waals surface area contributed by atoms with E-state index in [4.69, 9.17) is 5.53 Å². The quantitative estimate of drug-likeness (QED) is 0.495. The van der Waals surface area contributed by atoms with E-state index in [2.05, 4.69) is 27.5 Å². The van der Waals surface area contributed by atoms with Crippen LogP contribution in [0.1, 0.15) is 24.8 Å². The van der Waals surface area contributed by atoms with Crippen molar-refractivity contribution in [2.24, 2.45) is 11.0 Å². The molecule has 110 valence electrons. The Balaban J connectivity index is 1.60. The number of carbonyl (C=O) groups excluding carboxylic acids is 1. The first-order valence-corrected chi connectivity index (χ1v) is 7.40. The number of amides is 1. The molecule has 1 saturated carbocycles. The fourth-order valence-corrected chi connectivity index (χ4v) is 2.65. The molecule has 1 aromatic carbocycles. The van der Waals surface area contributed by atoms with Crippen molar-refractivity contribution in [3.05, 3.63) is 40.3 Å². The zero-order valence-electron chi connectivity index (χ0n) is 11.9. The highest BCUT2D eigenvalue weighted by Gasteiger charge is 2.30. The molecule has 0 bridgehead atoms. The van der Waals surface area contributed by atoms with Gasteiger partial charge in [0.2, 0.25) is 5.91 Å². The van der Waals surface area contributed by atoms with Gasteiger partial charge in [-0.3, -0.25) is 4.79 Å². The van der Waals surface area contributed by atoms with E-state index in [-0.39, 0.29) is 11.8 Å². The molecule has 1 N–H and O–H groups in total. The normalized spacial score (nSPS) is 21.4. The van der Waals surface area contributed by atoms with Crippen LogP contribution in [-0.4, -0.2) is 25.0 Å². The van der Waals surface area contributed by atoms with Crippen LogP contribution in [0.2, 0.25) is 0 Å². The Bertz CT molecular complexity index is 560. The molecule has 0 radical (unpaired) electrons. The standard InChI is InChI=1S/C15H19N5O/c16-19-18-9-12-7-15(21)20(10-12)14-5-1-11(2-6-14)8-17-13-3-4-13/h1-2,5-6,12-13,17H,3-4,7-10H2. The van der Waals surface area contributed by atoms with Crippen LogP contribution in [0, 0.1) is 5.92 Å². The maximum absolute atomic E-state index is 12.0. The second-order valence-electron chi connectivity index (χ2n) is 5.81. The number of carbonyl (C=O) groups is 1. The largest absolute Gasteiger partial charge is 0.312 e. The summed E-state index contributed by atoms with van der Waals surface area (Å²) in [7, 11) is 0. The molecule has 1 atom stereocenters. The maximum Gasteiger partial charge on any atom is 0.227 e. The Kier molecular flexibility index (Phi) is 4.08. The number of benzene rings is 1. The summed E-state index contributed by atoms with van der Waals surface area (Å²) in [5.74, 6) is 0.238. The van der Waals surface area contributed by atoms with Gasteiger partial charge in [0.1, 0.15) is 0 Å². The Labute approximate surface area is 123 Å². The van der Waals surface area contributed by atoms with E-state index in [1.807, 2.05) is 12.1 Å². The first kappa shape index (κ1) is 13.9. The fourth-order valence-electron chi connectivity index (χ4n) is 2.65. The van der Waals surface area contributed by atoms with Crippen LogP contribution in [0.3, 0.4) is 0 Å². The first-order valence-electron chi connectivity index (χ1n) is 7.40. The molecule has 1 aliphatic heterocycles. The van der Waals surface area contributed by atoms with E-state index < -0.39 is 0 Å². The highest BCUT2D eigenvalue weighted by atomic mass is 16.2. The maximum atomic E-state index is 12.0. The zero-order valence-corrected chi connectivity index (χ0v) is 11.9. The van der Waals surface area contributed by atoms with Crippen LogP contribution >= 0.6 is 0 Å². The third-order valence-electron chi connectivity index (χ3n) is 4.03. The lowest BCUT2D eigenvalue weighted by molar-refractivity contribution is -0.117. The summed E-state index contributed by atoms with van der Waals surface area (Å²) < 4.78 is 0. The number of rotatable bonds is 6. The molecule has 0 aromatic heterocycles. The molecule has 6 nitrogen and oxygen atoms in total. The van der Waals surface area contributed by atoms with Gasteiger partial charge in [-0.05, 0) is 42.0 Å². The second-order valence-corrected chi connectivity index (χ2v) is 5.81. The number of nitrogens with zero attached hydrogens (tertiary/aromatic N) is 4. The monoisotopic (exact) mass is 285 g/mol. The summed E-state index contributed by atoms with van der Waals surface area (Å²) in [6.45, 7) is 1.91. The summed E-state index contributed by atoms with van der Waals surface area (Å²) >= 11 is 0. The van der Waals surface area contributed by atoms with E-state index in [1.54, 1.807) is 4.90 Å². The molecule has 1 heterocycles. The van der Waals surface area contributed by atoms with Crippen molar-refractivity contribution in [3.63, 3.8) is 0 Å². The summed E-state index contributed by atoms with van der Waals surface area (Å²) in [5, 5.41) is 7.04. The van der Waals surface area contributed by atoms with Gasteiger partial charge >= 0.3 is 0 Å². The molecule has 1 amide bonds. The molecule has 2 fully saturated rings. The van der Waals surface area contributed by atoms with Crippen LogP contribution in [0.25, 0.3) is 10.4 Å². The zero-order chi connectivity index (χ0) is 14.7. The minimum atomic E-state index is 0.108. The third-order valence-corrected chi connectivity index (χ3v) is 4.03. The Morgan fingerprint density at radius 3 is 2.76 bits per heavy atom. The number of hydrogen-bond acceptors (Lipinski definition) is 3. The van der Waals surface area contributed by atoms with Gasteiger partial charge in [-0.25, -0.2) is 0 Å². The van der Waals surface area contributed by atoms with Crippen LogP contribution in [0.5, 0.6) is 0 Å². The van der Waals surface area contributed by atoms with Gasteiger partial charge in [-0.15, -0.1) is 0 Å². The van der Waals surface area contributed by atoms with Gasteiger partial charge in [0, 0.05) is 42.7 Å². The molecule has 1 unspecified atom stereocenters. The van der Waals surface area contributed by atoms with Crippen LogP contribution in [0.15, 0.2) is 29.4 Å². The average molecular weight is 285 g/mol. The fraction of sp³-hybridized carbons (Fsp3) is 0.533. The van der Waals surface area contributed by atoms with E-state index >= 15 is 0 Å². The Morgan fingerprint density at radius 1 is 1.33 bits per heavy atom. The predicted molar refractivity (Wildman–Crippen MR) is 80.8 cm³/mol. The smallest absolute Gasteiger partial charge is 0.227 e. The van der Waals surface area contributed by atoms with E-state index in [9.17, 15) is 4.79 Å². The second kappa shape index (κ2) is 6.16. The van der Waals surface area contributed by atoms with Gasteiger partial charge in [-0.2, -0.15) is 0 Å². The lowest BCUT2D eigenvalue weighted by atomic mass is 10.1. The van der Waals surface area contributed by atoms with E-state index in [0.29, 0.717) is 25.6 Å². The molecule has 1 aromatic rings. The van der Waals surface area contributed by atoms with Crippen LogP contribution in [0.4, 0.5) is 5.69 Å². The van der Waals surface area contributed by atoms with Gasteiger partial charge in [0.05, 0.1) is 0 Å². The van der Waals surface area contributed by atoms with Crippen molar-refractivity contribution in [3.8, 4) is 0 Å². The molecule has 0 spiro atoms. The van der Waals surface area contributed by atoms with Crippen molar-refractivity contribution < 1.29 is 4.79 Å². The predicted octanol–water partition coefficient (Wildman–Crippen LogP) is 2.60. The lowest BCUT2D eigenvalue weighted by Crippen LogP contribution is -2.24. The Hall–Kier alpha value is -2.04. The summed E-state index contributed by atoms with van der Waals surface area (Å²) in [4.78, 5) is 16.6. The van der Waals surface area contributed by atoms with Gasteiger partial charge in [-0.1, -0.05) is 17.2 Å². The number of azide groups is 1. The Morgan fingerprint density at radius 2 is 2.10 bits per heavy atom. The van der Waals surface area contributed by atoms with Gasteiger partial charge in [0.25, 0.3) is 0 Å². The minimum Gasteiger partial charge on any atom is -0.312 e. The molecule has 1 saturated heterocycles. The van der Waals surface area contributed by atoms with E-state index in [0.717, 1.165) is 12.2 Å². The first-order chi connectivity index (χ1) is 10.3. The summed E-state index contributed by atoms with van der Waals surface area (Å²) in [6, 6.07) is 8.83. The van der Waals surface area contributed by atoms with Crippen molar-refractivity contribution in [2.45, 2.75) is 31.8 Å². The molecule has 6 heteroatoms. The third kappa shape index (κ3) is 3.54. The lowest BCUT2D eigenvalue weighted by Gasteiger charge is -2.17. The average Bonchev–Trinajstić information content (AvgIpc) is 3.26. The van der Waals surface area contributed by atoms with Crippen LogP contribution in [-0.2, 0) is 11.3 Å².